The molecule has 0 atom stereocenters. The van der Waals surface area contributed by atoms with Gasteiger partial charge in [0.25, 0.3) is 5.56 Å². The van der Waals surface area contributed by atoms with Gasteiger partial charge in [-0.3, -0.25) is 9.89 Å². The molecule has 6 heteroatoms. The highest BCUT2D eigenvalue weighted by Gasteiger charge is 2.18. The number of nitrogens with zero attached hydrogens (tertiary/aromatic N) is 1. The fourth-order valence-electron chi connectivity index (χ4n) is 1.58. The summed E-state index contributed by atoms with van der Waals surface area (Å²) in [6.45, 7) is 1.52. The maximum absolute atomic E-state index is 11.8. The lowest BCUT2D eigenvalue weighted by Gasteiger charge is -2.00. The van der Waals surface area contributed by atoms with E-state index in [0.717, 1.165) is 4.68 Å². The second-order valence-corrected chi connectivity index (χ2v) is 3.57. The number of aromatic hydroxyl groups is 1. The molecule has 0 spiro atoms. The number of aryl methyl sites for hydroxylation is 1. The SMILES string of the molecule is Cc1[nH]n(-c2ccc(O)cc2)c(=O)c1C(=O)O. The van der Waals surface area contributed by atoms with Crippen LogP contribution in [-0.2, 0) is 0 Å². The second kappa shape index (κ2) is 3.82. The fraction of sp³-hybridized carbons (Fsp3) is 0.0909. The van der Waals surface area contributed by atoms with Gasteiger partial charge in [0.1, 0.15) is 11.3 Å². The third-order valence-corrected chi connectivity index (χ3v) is 2.39. The number of aromatic nitrogens is 2. The Kier molecular flexibility index (Phi) is 2.47. The molecule has 2 rings (SSSR count). The molecule has 0 amide bonds. The molecule has 0 aliphatic rings. The zero-order valence-electron chi connectivity index (χ0n) is 8.97. The molecule has 17 heavy (non-hydrogen) atoms. The van der Waals surface area contributed by atoms with E-state index in [1.807, 2.05) is 0 Å². The summed E-state index contributed by atoms with van der Waals surface area (Å²) in [5.74, 6) is -1.19. The molecule has 6 nitrogen and oxygen atoms in total. The molecule has 0 aliphatic carbocycles. The van der Waals surface area contributed by atoms with E-state index in [1.165, 1.54) is 31.2 Å². The molecule has 0 saturated carbocycles. The molecule has 3 N–H and O–H groups in total. The van der Waals surface area contributed by atoms with Crippen LogP contribution in [0.15, 0.2) is 29.1 Å². The number of carbonyl (C=O) groups is 1. The number of aromatic amines is 1. The summed E-state index contributed by atoms with van der Waals surface area (Å²) in [5.41, 5.74) is -0.155. The third-order valence-electron chi connectivity index (χ3n) is 2.39. The number of aromatic carboxylic acids is 1. The van der Waals surface area contributed by atoms with Crippen molar-refractivity contribution in [3.8, 4) is 11.4 Å². The van der Waals surface area contributed by atoms with Crippen molar-refractivity contribution < 1.29 is 15.0 Å². The maximum atomic E-state index is 11.8. The van der Waals surface area contributed by atoms with Crippen molar-refractivity contribution in [2.75, 3.05) is 0 Å². The molecule has 1 aromatic heterocycles. The fourth-order valence-corrected chi connectivity index (χ4v) is 1.58. The normalized spacial score (nSPS) is 10.4. The van der Waals surface area contributed by atoms with E-state index >= 15 is 0 Å². The lowest BCUT2D eigenvalue weighted by atomic mass is 10.2. The van der Waals surface area contributed by atoms with Crippen molar-refractivity contribution in [2.45, 2.75) is 6.92 Å². The molecule has 1 heterocycles. The number of carboxylic acid groups (broad SMARTS) is 1. The van der Waals surface area contributed by atoms with E-state index in [-0.39, 0.29) is 17.0 Å². The summed E-state index contributed by atoms with van der Waals surface area (Å²) in [5, 5.41) is 20.7. The molecule has 0 bridgehead atoms. The van der Waals surface area contributed by atoms with E-state index in [1.54, 1.807) is 0 Å². The summed E-state index contributed by atoms with van der Waals surface area (Å²) in [6, 6.07) is 5.85. The minimum Gasteiger partial charge on any atom is -0.508 e. The number of nitrogens with one attached hydrogen (secondary N) is 1. The van der Waals surface area contributed by atoms with Gasteiger partial charge in [0.15, 0.2) is 0 Å². The van der Waals surface area contributed by atoms with E-state index in [9.17, 15) is 9.59 Å². The zero-order valence-corrected chi connectivity index (χ0v) is 8.97. The van der Waals surface area contributed by atoms with Crippen molar-refractivity contribution in [3.05, 3.63) is 45.9 Å². The summed E-state index contributed by atoms with van der Waals surface area (Å²) in [4.78, 5) is 22.7. The monoisotopic (exact) mass is 234 g/mol. The van der Waals surface area contributed by atoms with Crippen molar-refractivity contribution in [3.63, 3.8) is 0 Å². The molecule has 0 fully saturated rings. The highest BCUT2D eigenvalue weighted by atomic mass is 16.4. The van der Waals surface area contributed by atoms with Gasteiger partial charge in [-0.2, -0.15) is 0 Å². The quantitative estimate of drug-likeness (QED) is 0.718. The molecular formula is C11H10N2O4. The van der Waals surface area contributed by atoms with Gasteiger partial charge in [0.05, 0.1) is 5.69 Å². The van der Waals surface area contributed by atoms with Crippen LogP contribution in [0.1, 0.15) is 16.1 Å². The zero-order chi connectivity index (χ0) is 12.6. The number of hydrogen-bond acceptors (Lipinski definition) is 3. The van der Waals surface area contributed by atoms with Gasteiger partial charge in [0, 0.05) is 5.69 Å². The predicted molar refractivity (Wildman–Crippen MR) is 59.8 cm³/mol. The van der Waals surface area contributed by atoms with Gasteiger partial charge in [0.2, 0.25) is 0 Å². The summed E-state index contributed by atoms with van der Waals surface area (Å²) in [7, 11) is 0. The Balaban J connectivity index is 2.62. The molecule has 0 radical (unpaired) electrons. The third kappa shape index (κ3) is 1.80. The molecule has 2 aromatic rings. The number of phenolic OH excluding ortho intramolecular Hbond substituents is 1. The highest BCUT2D eigenvalue weighted by Crippen LogP contribution is 2.12. The summed E-state index contributed by atoms with van der Waals surface area (Å²) in [6.07, 6.45) is 0. The highest BCUT2D eigenvalue weighted by molar-refractivity contribution is 5.88. The Labute approximate surface area is 95.7 Å². The Bertz CT molecular complexity index is 622. The molecule has 0 saturated heterocycles. The van der Waals surface area contributed by atoms with Gasteiger partial charge >= 0.3 is 5.97 Å². The van der Waals surface area contributed by atoms with Crippen LogP contribution in [-0.4, -0.2) is 26.0 Å². The van der Waals surface area contributed by atoms with E-state index in [0.29, 0.717) is 5.69 Å². The van der Waals surface area contributed by atoms with Gasteiger partial charge < -0.3 is 10.2 Å². The van der Waals surface area contributed by atoms with Crippen LogP contribution >= 0.6 is 0 Å². The molecular weight excluding hydrogens is 224 g/mol. The standard InChI is InChI=1S/C11H10N2O4/c1-6-9(11(16)17)10(15)13(12-6)7-2-4-8(14)5-3-7/h2-5,12,14H,1H3,(H,16,17). The van der Waals surface area contributed by atoms with Crippen LogP contribution in [0.2, 0.25) is 0 Å². The van der Waals surface area contributed by atoms with E-state index in [4.69, 9.17) is 10.2 Å². The maximum Gasteiger partial charge on any atom is 0.343 e. The van der Waals surface area contributed by atoms with Crippen molar-refractivity contribution in [1.29, 1.82) is 0 Å². The smallest absolute Gasteiger partial charge is 0.343 e. The van der Waals surface area contributed by atoms with E-state index < -0.39 is 11.5 Å². The minimum absolute atomic E-state index is 0.0727. The summed E-state index contributed by atoms with van der Waals surface area (Å²) >= 11 is 0. The van der Waals surface area contributed by atoms with Crippen LogP contribution in [0.3, 0.4) is 0 Å². The Morgan fingerprint density at radius 1 is 1.29 bits per heavy atom. The number of H-pyrrole nitrogens is 1. The lowest BCUT2D eigenvalue weighted by Crippen LogP contribution is -2.20. The first-order chi connectivity index (χ1) is 8.00. The van der Waals surface area contributed by atoms with Gasteiger partial charge in [-0.05, 0) is 31.2 Å². The average Bonchev–Trinajstić information content (AvgIpc) is 2.55. The average molecular weight is 234 g/mol. The largest absolute Gasteiger partial charge is 0.508 e. The number of benzene rings is 1. The van der Waals surface area contributed by atoms with Crippen LogP contribution < -0.4 is 5.56 Å². The number of phenols is 1. The first kappa shape index (κ1) is 11.0. The number of carboxylic acids is 1. The predicted octanol–water partition coefficient (Wildman–Crippen LogP) is 0.878. The number of hydrogen-bond donors (Lipinski definition) is 3. The Morgan fingerprint density at radius 2 is 1.88 bits per heavy atom. The van der Waals surface area contributed by atoms with Crippen LogP contribution in [0.25, 0.3) is 5.69 Å². The van der Waals surface area contributed by atoms with E-state index in [2.05, 4.69) is 5.10 Å². The first-order valence-corrected chi connectivity index (χ1v) is 4.85. The van der Waals surface area contributed by atoms with Crippen molar-refractivity contribution in [1.82, 2.24) is 9.78 Å². The topological polar surface area (TPSA) is 95.3 Å². The molecule has 0 aliphatic heterocycles. The van der Waals surface area contributed by atoms with Crippen molar-refractivity contribution >= 4 is 5.97 Å². The molecule has 0 unspecified atom stereocenters. The van der Waals surface area contributed by atoms with Gasteiger partial charge in [-0.15, -0.1) is 0 Å². The van der Waals surface area contributed by atoms with Gasteiger partial charge in [-0.25, -0.2) is 9.48 Å². The van der Waals surface area contributed by atoms with Crippen LogP contribution in [0, 0.1) is 6.92 Å². The summed E-state index contributed by atoms with van der Waals surface area (Å²) < 4.78 is 1.12. The second-order valence-electron chi connectivity index (χ2n) is 3.57. The first-order valence-electron chi connectivity index (χ1n) is 4.85. The molecule has 1 aromatic carbocycles. The van der Waals surface area contributed by atoms with Crippen LogP contribution in [0.4, 0.5) is 0 Å². The minimum atomic E-state index is -1.26. The van der Waals surface area contributed by atoms with Crippen molar-refractivity contribution in [2.24, 2.45) is 0 Å². The lowest BCUT2D eigenvalue weighted by molar-refractivity contribution is 0.0694. The Hall–Kier alpha value is -2.50. The van der Waals surface area contributed by atoms with Gasteiger partial charge in [-0.1, -0.05) is 0 Å². The Morgan fingerprint density at radius 3 is 2.35 bits per heavy atom. The van der Waals surface area contributed by atoms with Crippen LogP contribution in [0.5, 0.6) is 5.75 Å². The number of rotatable bonds is 2. The molecule has 88 valence electrons.